The van der Waals surface area contributed by atoms with E-state index in [2.05, 4.69) is 15.9 Å². The van der Waals surface area contributed by atoms with Gasteiger partial charge < -0.3 is 10.5 Å². The van der Waals surface area contributed by atoms with Crippen LogP contribution < -0.4 is 10.5 Å². The van der Waals surface area contributed by atoms with Gasteiger partial charge in [-0.3, -0.25) is 0 Å². The number of benzene rings is 2. The van der Waals surface area contributed by atoms with E-state index in [0.29, 0.717) is 18.5 Å². The zero-order valence-electron chi connectivity index (χ0n) is 12.0. The van der Waals surface area contributed by atoms with Crippen LogP contribution in [0.15, 0.2) is 46.9 Å². The molecule has 0 aromatic heterocycles. The number of halogens is 2. The maximum Gasteiger partial charge on any atom is 0.126 e. The lowest BCUT2D eigenvalue weighted by Crippen LogP contribution is -2.20. The Labute approximate surface area is 133 Å². The highest BCUT2D eigenvalue weighted by Gasteiger charge is 2.12. The van der Waals surface area contributed by atoms with Gasteiger partial charge in [0.05, 0.1) is 7.11 Å². The van der Waals surface area contributed by atoms with Crippen molar-refractivity contribution in [2.45, 2.75) is 12.8 Å². The molecule has 0 bridgehead atoms. The SMILES string of the molecule is COc1ccc(CC(CN)Cc2cc(Br)ccc2F)cc1. The van der Waals surface area contributed by atoms with E-state index in [9.17, 15) is 4.39 Å². The van der Waals surface area contributed by atoms with Crippen molar-refractivity contribution in [2.24, 2.45) is 11.7 Å². The molecule has 0 fully saturated rings. The summed E-state index contributed by atoms with van der Waals surface area (Å²) in [6.45, 7) is 0.526. The lowest BCUT2D eigenvalue weighted by molar-refractivity contribution is 0.414. The molecule has 112 valence electrons. The van der Waals surface area contributed by atoms with Crippen LogP contribution in [0.2, 0.25) is 0 Å². The van der Waals surface area contributed by atoms with Crippen LogP contribution in [0.25, 0.3) is 0 Å². The second kappa shape index (κ2) is 7.57. The molecule has 0 spiro atoms. The molecule has 1 unspecified atom stereocenters. The summed E-state index contributed by atoms with van der Waals surface area (Å²) in [7, 11) is 1.65. The van der Waals surface area contributed by atoms with Crippen LogP contribution in [-0.2, 0) is 12.8 Å². The van der Waals surface area contributed by atoms with Gasteiger partial charge in [0.15, 0.2) is 0 Å². The number of methoxy groups -OCH3 is 1. The predicted octanol–water partition coefficient (Wildman–Crippen LogP) is 3.96. The minimum atomic E-state index is -0.175. The second-order valence-corrected chi connectivity index (χ2v) is 6.01. The number of rotatable bonds is 6. The predicted molar refractivity (Wildman–Crippen MR) is 87.0 cm³/mol. The molecule has 2 nitrogen and oxygen atoms in total. The topological polar surface area (TPSA) is 35.2 Å². The Balaban J connectivity index is 2.07. The van der Waals surface area contributed by atoms with Crippen LogP contribution in [0, 0.1) is 11.7 Å². The molecule has 21 heavy (non-hydrogen) atoms. The van der Waals surface area contributed by atoms with E-state index >= 15 is 0 Å². The van der Waals surface area contributed by atoms with Gasteiger partial charge in [0.25, 0.3) is 0 Å². The van der Waals surface area contributed by atoms with Crippen LogP contribution in [0.3, 0.4) is 0 Å². The fraction of sp³-hybridized carbons (Fsp3) is 0.294. The lowest BCUT2D eigenvalue weighted by Gasteiger charge is -2.16. The third-order valence-electron chi connectivity index (χ3n) is 3.53. The first-order valence-corrected chi connectivity index (χ1v) is 7.68. The van der Waals surface area contributed by atoms with E-state index in [1.54, 1.807) is 13.2 Å². The van der Waals surface area contributed by atoms with Crippen LogP contribution in [0.5, 0.6) is 5.75 Å². The summed E-state index contributed by atoms with van der Waals surface area (Å²) in [5.74, 6) is 0.870. The molecular weight excluding hydrogens is 333 g/mol. The van der Waals surface area contributed by atoms with Gasteiger partial charge >= 0.3 is 0 Å². The van der Waals surface area contributed by atoms with Gasteiger partial charge in [-0.2, -0.15) is 0 Å². The summed E-state index contributed by atoms with van der Waals surface area (Å²) in [5, 5.41) is 0. The number of hydrogen-bond acceptors (Lipinski definition) is 2. The van der Waals surface area contributed by atoms with Crippen molar-refractivity contribution in [1.29, 1.82) is 0 Å². The highest BCUT2D eigenvalue weighted by atomic mass is 79.9. The first kappa shape index (κ1) is 16.0. The average Bonchev–Trinajstić information content (AvgIpc) is 2.51. The van der Waals surface area contributed by atoms with E-state index in [0.717, 1.165) is 16.6 Å². The van der Waals surface area contributed by atoms with Crippen molar-refractivity contribution in [1.82, 2.24) is 0 Å². The van der Waals surface area contributed by atoms with Crippen LogP contribution in [0.4, 0.5) is 4.39 Å². The monoisotopic (exact) mass is 351 g/mol. The van der Waals surface area contributed by atoms with Crippen LogP contribution in [0.1, 0.15) is 11.1 Å². The molecule has 0 heterocycles. The average molecular weight is 352 g/mol. The van der Waals surface area contributed by atoms with Crippen LogP contribution in [-0.4, -0.2) is 13.7 Å². The van der Waals surface area contributed by atoms with Crippen molar-refractivity contribution in [3.8, 4) is 5.75 Å². The Morgan fingerprint density at radius 3 is 2.48 bits per heavy atom. The fourth-order valence-electron chi connectivity index (χ4n) is 2.34. The summed E-state index contributed by atoms with van der Waals surface area (Å²) in [5.41, 5.74) is 7.74. The Morgan fingerprint density at radius 2 is 1.86 bits per heavy atom. The molecular formula is C17H19BrFNO. The molecule has 2 N–H and O–H groups in total. The molecule has 0 aliphatic heterocycles. The third kappa shape index (κ3) is 4.55. The van der Waals surface area contributed by atoms with Crippen LogP contribution >= 0.6 is 15.9 Å². The molecule has 2 rings (SSSR count). The van der Waals surface area contributed by atoms with E-state index in [4.69, 9.17) is 10.5 Å². The maximum absolute atomic E-state index is 13.8. The summed E-state index contributed by atoms with van der Waals surface area (Å²) < 4.78 is 19.9. The van der Waals surface area contributed by atoms with Gasteiger partial charge in [-0.1, -0.05) is 28.1 Å². The zero-order valence-corrected chi connectivity index (χ0v) is 13.6. The number of ether oxygens (including phenoxy) is 1. The minimum Gasteiger partial charge on any atom is -0.497 e. The molecule has 0 saturated carbocycles. The molecule has 2 aromatic rings. The smallest absolute Gasteiger partial charge is 0.126 e. The zero-order chi connectivity index (χ0) is 15.2. The quantitative estimate of drug-likeness (QED) is 0.854. The molecule has 1 atom stereocenters. The fourth-order valence-corrected chi connectivity index (χ4v) is 2.75. The van der Waals surface area contributed by atoms with E-state index < -0.39 is 0 Å². The summed E-state index contributed by atoms with van der Waals surface area (Å²) in [6, 6.07) is 12.9. The van der Waals surface area contributed by atoms with Gasteiger partial charge in [0, 0.05) is 4.47 Å². The Bertz CT molecular complexity index is 586. The maximum atomic E-state index is 13.8. The standard InChI is InChI=1S/C17H19BrFNO/c1-21-16-5-2-12(3-6-16)8-13(11-20)9-14-10-15(18)4-7-17(14)19/h2-7,10,13H,8-9,11,20H2,1H3. The highest BCUT2D eigenvalue weighted by molar-refractivity contribution is 9.10. The van der Waals surface area contributed by atoms with Crippen molar-refractivity contribution < 1.29 is 9.13 Å². The minimum absolute atomic E-state index is 0.175. The van der Waals surface area contributed by atoms with E-state index in [-0.39, 0.29) is 11.7 Å². The Kier molecular flexibility index (Phi) is 5.76. The van der Waals surface area contributed by atoms with Crippen molar-refractivity contribution in [3.63, 3.8) is 0 Å². The van der Waals surface area contributed by atoms with Gasteiger partial charge in [-0.15, -0.1) is 0 Å². The van der Waals surface area contributed by atoms with Gasteiger partial charge in [0.2, 0.25) is 0 Å². The molecule has 0 aliphatic carbocycles. The van der Waals surface area contributed by atoms with E-state index in [1.807, 2.05) is 30.3 Å². The summed E-state index contributed by atoms with van der Waals surface area (Å²) in [6.07, 6.45) is 1.46. The first-order chi connectivity index (χ1) is 10.1. The summed E-state index contributed by atoms with van der Waals surface area (Å²) >= 11 is 3.38. The van der Waals surface area contributed by atoms with E-state index in [1.165, 1.54) is 11.6 Å². The summed E-state index contributed by atoms with van der Waals surface area (Å²) in [4.78, 5) is 0. The van der Waals surface area contributed by atoms with Crippen molar-refractivity contribution in [3.05, 3.63) is 63.9 Å². The first-order valence-electron chi connectivity index (χ1n) is 6.89. The molecule has 0 radical (unpaired) electrons. The molecule has 2 aromatic carbocycles. The van der Waals surface area contributed by atoms with Gasteiger partial charge in [0.1, 0.15) is 11.6 Å². The highest BCUT2D eigenvalue weighted by Crippen LogP contribution is 2.21. The van der Waals surface area contributed by atoms with Crippen molar-refractivity contribution in [2.75, 3.05) is 13.7 Å². The van der Waals surface area contributed by atoms with Gasteiger partial charge in [-0.25, -0.2) is 4.39 Å². The molecule has 4 heteroatoms. The lowest BCUT2D eigenvalue weighted by atomic mass is 9.92. The van der Waals surface area contributed by atoms with Crippen molar-refractivity contribution >= 4 is 15.9 Å². The Hall–Kier alpha value is -1.39. The molecule has 0 saturated heterocycles. The third-order valence-corrected chi connectivity index (χ3v) is 4.03. The molecule has 0 amide bonds. The number of hydrogen-bond donors (Lipinski definition) is 1. The largest absolute Gasteiger partial charge is 0.497 e. The normalized spacial score (nSPS) is 12.2. The second-order valence-electron chi connectivity index (χ2n) is 5.09. The Morgan fingerprint density at radius 1 is 1.14 bits per heavy atom. The van der Waals surface area contributed by atoms with Gasteiger partial charge in [-0.05, 0) is 66.8 Å². The number of nitrogens with two attached hydrogens (primary N) is 1. The molecule has 0 aliphatic rings.